The molecule has 1 aliphatic rings. The van der Waals surface area contributed by atoms with E-state index in [0.717, 1.165) is 19.3 Å². The lowest BCUT2D eigenvalue weighted by atomic mass is 9.89. The summed E-state index contributed by atoms with van der Waals surface area (Å²) in [5, 5.41) is 17.9. The van der Waals surface area contributed by atoms with E-state index >= 15 is 0 Å². The zero-order chi connectivity index (χ0) is 16.1. The first-order valence-electron chi connectivity index (χ1n) is 7.23. The van der Waals surface area contributed by atoms with E-state index in [-0.39, 0.29) is 29.5 Å². The van der Waals surface area contributed by atoms with Gasteiger partial charge in [0.2, 0.25) is 0 Å². The molecule has 0 aromatic carbocycles. The van der Waals surface area contributed by atoms with Gasteiger partial charge in [-0.3, -0.25) is 9.69 Å². The number of nitrogens with zero attached hydrogens (tertiary/aromatic N) is 2. The minimum Gasteiger partial charge on any atom is -0.480 e. The summed E-state index contributed by atoms with van der Waals surface area (Å²) in [6.07, 6.45) is 2.87. The minimum absolute atomic E-state index is 0.0595. The van der Waals surface area contributed by atoms with Gasteiger partial charge in [0.15, 0.2) is 9.84 Å². The number of carboxylic acids is 1. The molecule has 1 saturated heterocycles. The molecular formula is C14H24N2O4S. The number of rotatable bonds is 8. The smallest absolute Gasteiger partial charge is 0.317 e. The molecule has 6 nitrogen and oxygen atoms in total. The van der Waals surface area contributed by atoms with Crippen LogP contribution in [-0.2, 0) is 14.6 Å². The van der Waals surface area contributed by atoms with Gasteiger partial charge in [-0.15, -0.1) is 0 Å². The van der Waals surface area contributed by atoms with Crippen molar-refractivity contribution in [2.24, 2.45) is 5.41 Å². The van der Waals surface area contributed by atoms with Gasteiger partial charge in [-0.05, 0) is 39.7 Å². The second-order valence-electron chi connectivity index (χ2n) is 6.37. The Morgan fingerprint density at radius 2 is 2.10 bits per heavy atom. The molecule has 120 valence electrons. The maximum Gasteiger partial charge on any atom is 0.317 e. The Morgan fingerprint density at radius 3 is 2.57 bits per heavy atom. The van der Waals surface area contributed by atoms with Gasteiger partial charge >= 0.3 is 5.97 Å². The van der Waals surface area contributed by atoms with Crippen molar-refractivity contribution in [3.63, 3.8) is 0 Å². The first-order chi connectivity index (χ1) is 9.65. The minimum atomic E-state index is -3.01. The van der Waals surface area contributed by atoms with Crippen LogP contribution >= 0.6 is 0 Å². The standard InChI is InChI=1S/C14H24N2O4S/c1-14(2,11-15)6-3-4-7-16(9-13(17)18)12-5-8-21(19,20)10-12/h12H,3-10H2,1-2H3,(H,17,18). The highest BCUT2D eigenvalue weighted by atomic mass is 32.2. The van der Waals surface area contributed by atoms with Crippen molar-refractivity contribution in [2.45, 2.75) is 45.6 Å². The molecule has 0 aliphatic carbocycles. The molecule has 1 aliphatic heterocycles. The maximum absolute atomic E-state index is 11.5. The number of nitriles is 1. The first kappa shape index (κ1) is 17.9. The fraction of sp³-hybridized carbons (Fsp3) is 0.857. The highest BCUT2D eigenvalue weighted by Gasteiger charge is 2.32. The molecule has 0 spiro atoms. The van der Waals surface area contributed by atoms with E-state index in [1.54, 1.807) is 4.90 Å². The Kier molecular flexibility index (Phi) is 6.17. The molecule has 1 heterocycles. The Morgan fingerprint density at radius 1 is 1.43 bits per heavy atom. The van der Waals surface area contributed by atoms with E-state index < -0.39 is 15.8 Å². The molecule has 0 bridgehead atoms. The van der Waals surface area contributed by atoms with E-state index in [1.807, 2.05) is 13.8 Å². The van der Waals surface area contributed by atoms with Crippen molar-refractivity contribution in [1.29, 1.82) is 5.26 Å². The second kappa shape index (κ2) is 7.23. The monoisotopic (exact) mass is 316 g/mol. The number of hydrogen-bond acceptors (Lipinski definition) is 5. The molecule has 1 N–H and O–H groups in total. The number of carbonyl (C=O) groups is 1. The zero-order valence-electron chi connectivity index (χ0n) is 12.7. The first-order valence-corrected chi connectivity index (χ1v) is 9.05. The van der Waals surface area contributed by atoms with Crippen molar-refractivity contribution < 1.29 is 18.3 Å². The van der Waals surface area contributed by atoms with E-state index in [2.05, 4.69) is 6.07 Å². The average molecular weight is 316 g/mol. The van der Waals surface area contributed by atoms with Crippen LogP contribution in [0, 0.1) is 16.7 Å². The summed E-state index contributed by atoms with van der Waals surface area (Å²) in [7, 11) is -3.01. The SMILES string of the molecule is CC(C)(C#N)CCCCN(CC(=O)O)C1CCS(=O)(=O)C1. The average Bonchev–Trinajstić information content (AvgIpc) is 2.73. The van der Waals surface area contributed by atoms with Crippen LogP contribution in [0.5, 0.6) is 0 Å². The van der Waals surface area contributed by atoms with Crippen molar-refractivity contribution in [3.05, 3.63) is 0 Å². The van der Waals surface area contributed by atoms with E-state index in [9.17, 15) is 13.2 Å². The molecule has 1 atom stereocenters. The summed E-state index contributed by atoms with van der Waals surface area (Å²) in [6.45, 7) is 4.20. The van der Waals surface area contributed by atoms with Crippen LogP contribution in [0.25, 0.3) is 0 Å². The fourth-order valence-electron chi connectivity index (χ4n) is 2.57. The Balaban J connectivity index is 2.48. The van der Waals surface area contributed by atoms with Gasteiger partial charge in [0, 0.05) is 6.04 Å². The van der Waals surface area contributed by atoms with E-state index in [4.69, 9.17) is 10.4 Å². The van der Waals surface area contributed by atoms with Crippen LogP contribution in [-0.4, -0.2) is 55.0 Å². The number of hydrogen-bond donors (Lipinski definition) is 1. The Hall–Kier alpha value is -1.13. The summed E-state index contributed by atoms with van der Waals surface area (Å²) in [5.74, 6) is -0.726. The highest BCUT2D eigenvalue weighted by Crippen LogP contribution is 2.23. The van der Waals surface area contributed by atoms with Crippen molar-refractivity contribution in [3.8, 4) is 6.07 Å². The summed E-state index contributed by atoms with van der Waals surface area (Å²) in [6, 6.07) is 2.06. The Bertz CT molecular complexity index is 508. The predicted octanol–water partition coefficient (Wildman–Crippen LogP) is 1.28. The third-order valence-electron chi connectivity index (χ3n) is 3.86. The summed E-state index contributed by atoms with van der Waals surface area (Å²) < 4.78 is 23.0. The lowest BCUT2D eigenvalue weighted by Gasteiger charge is -2.26. The Labute approximate surface area is 126 Å². The van der Waals surface area contributed by atoms with Crippen LogP contribution in [0.2, 0.25) is 0 Å². The van der Waals surface area contributed by atoms with Gasteiger partial charge < -0.3 is 5.11 Å². The normalized spacial score (nSPS) is 21.3. The van der Waals surface area contributed by atoms with Gasteiger partial charge in [-0.1, -0.05) is 6.42 Å². The molecule has 1 fully saturated rings. The van der Waals surface area contributed by atoms with Crippen LogP contribution < -0.4 is 0 Å². The molecule has 1 rings (SSSR count). The van der Waals surface area contributed by atoms with E-state index in [1.165, 1.54) is 0 Å². The van der Waals surface area contributed by atoms with Crippen molar-refractivity contribution in [2.75, 3.05) is 24.6 Å². The number of carboxylic acid groups (broad SMARTS) is 1. The molecule has 21 heavy (non-hydrogen) atoms. The topological polar surface area (TPSA) is 98.5 Å². The molecule has 7 heteroatoms. The molecule has 0 aromatic rings. The predicted molar refractivity (Wildman–Crippen MR) is 79.5 cm³/mol. The number of unbranched alkanes of at least 4 members (excludes halogenated alkanes) is 1. The molecule has 0 radical (unpaired) electrons. The maximum atomic E-state index is 11.5. The van der Waals surface area contributed by atoms with E-state index in [0.29, 0.717) is 13.0 Å². The quantitative estimate of drug-likeness (QED) is 0.677. The molecule has 0 saturated carbocycles. The lowest BCUT2D eigenvalue weighted by molar-refractivity contribution is -0.138. The van der Waals surface area contributed by atoms with Crippen LogP contribution in [0.4, 0.5) is 0 Å². The highest BCUT2D eigenvalue weighted by molar-refractivity contribution is 7.91. The van der Waals surface area contributed by atoms with Gasteiger partial charge in [0.25, 0.3) is 0 Å². The lowest BCUT2D eigenvalue weighted by Crippen LogP contribution is -2.40. The third kappa shape index (κ3) is 6.44. The zero-order valence-corrected chi connectivity index (χ0v) is 13.5. The fourth-order valence-corrected chi connectivity index (χ4v) is 4.33. The van der Waals surface area contributed by atoms with Gasteiger partial charge in [0.1, 0.15) is 0 Å². The summed E-state index contributed by atoms with van der Waals surface area (Å²) in [5.41, 5.74) is -0.367. The molecule has 0 amide bonds. The summed E-state index contributed by atoms with van der Waals surface area (Å²) in [4.78, 5) is 12.7. The van der Waals surface area contributed by atoms with Gasteiger partial charge in [0.05, 0.1) is 29.5 Å². The molecule has 0 aromatic heterocycles. The summed E-state index contributed by atoms with van der Waals surface area (Å²) >= 11 is 0. The van der Waals surface area contributed by atoms with Crippen LogP contribution in [0.1, 0.15) is 39.5 Å². The van der Waals surface area contributed by atoms with Gasteiger partial charge in [-0.2, -0.15) is 5.26 Å². The van der Waals surface area contributed by atoms with Crippen LogP contribution in [0.15, 0.2) is 0 Å². The number of sulfone groups is 1. The molecule has 1 unspecified atom stereocenters. The van der Waals surface area contributed by atoms with Crippen LogP contribution in [0.3, 0.4) is 0 Å². The van der Waals surface area contributed by atoms with Crippen molar-refractivity contribution >= 4 is 15.8 Å². The largest absolute Gasteiger partial charge is 0.480 e. The number of aliphatic carboxylic acids is 1. The van der Waals surface area contributed by atoms with Crippen molar-refractivity contribution in [1.82, 2.24) is 4.90 Å². The molecular weight excluding hydrogens is 292 g/mol. The third-order valence-corrected chi connectivity index (χ3v) is 5.61. The second-order valence-corrected chi connectivity index (χ2v) is 8.60. The van der Waals surface area contributed by atoms with Gasteiger partial charge in [-0.25, -0.2) is 8.42 Å².